The third-order valence-corrected chi connectivity index (χ3v) is 5.19. The summed E-state index contributed by atoms with van der Waals surface area (Å²) >= 11 is 0. The third kappa shape index (κ3) is 3.82. The van der Waals surface area contributed by atoms with Gasteiger partial charge in [-0.1, -0.05) is 32.6 Å². The van der Waals surface area contributed by atoms with Gasteiger partial charge in [-0.15, -0.1) is 0 Å². The maximum Gasteiger partial charge on any atom is 0.138 e. The zero-order valence-corrected chi connectivity index (χ0v) is 16.5. The minimum atomic E-state index is -0.0552. The van der Waals surface area contributed by atoms with Crippen molar-refractivity contribution in [3.8, 4) is 0 Å². The molecular formula is C22H29N5. The number of anilines is 3. The third-order valence-electron chi connectivity index (χ3n) is 5.19. The van der Waals surface area contributed by atoms with Gasteiger partial charge in [0.15, 0.2) is 0 Å². The van der Waals surface area contributed by atoms with Crippen molar-refractivity contribution in [2.45, 2.75) is 52.0 Å². The van der Waals surface area contributed by atoms with E-state index in [1.807, 2.05) is 19.1 Å². The van der Waals surface area contributed by atoms with Gasteiger partial charge in [0.25, 0.3) is 0 Å². The lowest BCUT2D eigenvalue weighted by Crippen LogP contribution is -2.50. The number of aromatic nitrogens is 2. The van der Waals surface area contributed by atoms with Gasteiger partial charge in [0.05, 0.1) is 17.6 Å². The maximum atomic E-state index is 5.75. The number of nitrogens with one attached hydrogen (secondary N) is 1. The molecule has 1 aliphatic rings. The lowest BCUT2D eigenvalue weighted by molar-refractivity contribution is 0.364. The summed E-state index contributed by atoms with van der Waals surface area (Å²) in [5.74, 6) is 2.46. The highest BCUT2D eigenvalue weighted by atomic mass is 15.3. The summed E-state index contributed by atoms with van der Waals surface area (Å²) < 4.78 is 0. The fourth-order valence-electron chi connectivity index (χ4n) is 3.79. The molecule has 0 spiro atoms. The van der Waals surface area contributed by atoms with Crippen LogP contribution in [0.2, 0.25) is 0 Å². The first-order valence-corrected chi connectivity index (χ1v) is 9.47. The number of nitrogens with two attached hydrogens (primary N) is 1. The molecular weight excluding hydrogens is 334 g/mol. The van der Waals surface area contributed by atoms with E-state index in [-0.39, 0.29) is 5.54 Å². The van der Waals surface area contributed by atoms with Crippen LogP contribution < -0.4 is 16.0 Å². The van der Waals surface area contributed by atoms with E-state index in [1.165, 1.54) is 5.56 Å². The minimum absolute atomic E-state index is 0.0552. The van der Waals surface area contributed by atoms with Gasteiger partial charge in [0.2, 0.25) is 0 Å². The van der Waals surface area contributed by atoms with Crippen molar-refractivity contribution >= 4 is 22.9 Å². The van der Waals surface area contributed by atoms with Crippen LogP contribution in [0.25, 0.3) is 5.57 Å². The average Bonchev–Trinajstić information content (AvgIpc) is 2.63. The largest absolute Gasteiger partial charge is 0.397 e. The van der Waals surface area contributed by atoms with Crippen LogP contribution in [0.1, 0.15) is 51.3 Å². The van der Waals surface area contributed by atoms with Crippen molar-refractivity contribution in [3.05, 3.63) is 60.7 Å². The summed E-state index contributed by atoms with van der Waals surface area (Å²) in [6.45, 7) is 14.9. The monoisotopic (exact) mass is 363 g/mol. The smallest absolute Gasteiger partial charge is 0.138 e. The van der Waals surface area contributed by atoms with Gasteiger partial charge in [-0.25, -0.2) is 9.97 Å². The van der Waals surface area contributed by atoms with Gasteiger partial charge >= 0.3 is 0 Å². The molecule has 0 saturated carbocycles. The predicted octanol–water partition coefficient (Wildman–Crippen LogP) is 4.99. The Bertz CT molecular complexity index is 856. The molecule has 0 amide bonds. The number of nitrogen functional groups attached to an aromatic ring is 1. The van der Waals surface area contributed by atoms with Crippen LogP contribution >= 0.6 is 0 Å². The van der Waals surface area contributed by atoms with E-state index in [0.717, 1.165) is 54.4 Å². The Labute approximate surface area is 162 Å². The highest BCUT2D eigenvalue weighted by Gasteiger charge is 2.38. The van der Waals surface area contributed by atoms with Crippen LogP contribution in [0.4, 0.5) is 17.3 Å². The molecule has 2 aromatic rings. The zero-order valence-electron chi connectivity index (χ0n) is 16.5. The lowest BCUT2D eigenvalue weighted by atomic mass is 9.83. The first-order chi connectivity index (χ1) is 12.8. The molecule has 1 atom stereocenters. The Kier molecular flexibility index (Phi) is 5.22. The van der Waals surface area contributed by atoms with Gasteiger partial charge in [-0.05, 0) is 62.4 Å². The molecule has 1 aliphatic heterocycles. The van der Waals surface area contributed by atoms with E-state index >= 15 is 0 Å². The summed E-state index contributed by atoms with van der Waals surface area (Å²) in [6, 6.07) is 7.91. The summed E-state index contributed by atoms with van der Waals surface area (Å²) in [5, 5.41) is 3.34. The summed E-state index contributed by atoms with van der Waals surface area (Å²) in [6.07, 6.45) is 5.86. The fourth-order valence-corrected chi connectivity index (χ4v) is 3.79. The normalized spacial score (nSPS) is 18.7. The van der Waals surface area contributed by atoms with E-state index in [9.17, 15) is 0 Å². The lowest BCUT2D eigenvalue weighted by Gasteiger charge is -2.47. The second-order valence-electron chi connectivity index (χ2n) is 7.59. The van der Waals surface area contributed by atoms with Crippen molar-refractivity contribution in [1.29, 1.82) is 0 Å². The van der Waals surface area contributed by atoms with E-state index in [1.54, 1.807) is 6.20 Å². The molecule has 0 fully saturated rings. The van der Waals surface area contributed by atoms with Gasteiger partial charge in [0.1, 0.15) is 17.5 Å². The van der Waals surface area contributed by atoms with Crippen LogP contribution in [0.15, 0.2) is 49.4 Å². The van der Waals surface area contributed by atoms with Crippen LogP contribution in [0, 0.1) is 0 Å². The Balaban J connectivity index is 2.02. The quantitative estimate of drug-likeness (QED) is 0.757. The van der Waals surface area contributed by atoms with Crippen LogP contribution in [-0.2, 0) is 6.42 Å². The molecule has 3 N–H and O–H groups in total. The Morgan fingerprint density at radius 1 is 1.30 bits per heavy atom. The standard InChI is InChI=1S/C22H29N5/c1-6-12-22(5)13-11-17-7-9-19(15(2)3)26-21(17)27(22)16(4)25-20-10-8-18(23)14-24-20/h7-10,14H,2,4,6,11-13,23H2,1,3,5H3,(H,24,25)/t22-/m0/s1. The molecule has 2 aromatic heterocycles. The van der Waals surface area contributed by atoms with Gasteiger partial charge in [-0.2, -0.15) is 0 Å². The van der Waals surface area contributed by atoms with Crippen molar-refractivity contribution < 1.29 is 0 Å². The number of pyridine rings is 2. The molecule has 5 nitrogen and oxygen atoms in total. The van der Waals surface area contributed by atoms with Crippen LogP contribution in [0.5, 0.6) is 0 Å². The number of hydrogen-bond donors (Lipinski definition) is 2. The Hall–Kier alpha value is -2.82. The highest BCUT2D eigenvalue weighted by Crippen LogP contribution is 2.41. The summed E-state index contributed by atoms with van der Waals surface area (Å²) in [4.78, 5) is 11.5. The topological polar surface area (TPSA) is 67.1 Å². The highest BCUT2D eigenvalue weighted by molar-refractivity contribution is 5.66. The first kappa shape index (κ1) is 19.0. The minimum Gasteiger partial charge on any atom is -0.397 e. The molecule has 3 rings (SSSR count). The van der Waals surface area contributed by atoms with Gasteiger partial charge < -0.3 is 16.0 Å². The van der Waals surface area contributed by atoms with Gasteiger partial charge in [-0.3, -0.25) is 0 Å². The van der Waals surface area contributed by atoms with E-state index < -0.39 is 0 Å². The summed E-state index contributed by atoms with van der Waals surface area (Å²) in [7, 11) is 0. The molecule has 0 unspecified atom stereocenters. The SMILES string of the molecule is C=C(C)c1ccc2c(n1)N(C(=C)Nc1ccc(N)cn1)[C@@](C)(CCC)CC2. The van der Waals surface area contributed by atoms with Gasteiger partial charge in [0, 0.05) is 5.54 Å². The molecule has 0 bridgehead atoms. The van der Waals surface area contributed by atoms with Crippen LogP contribution in [0.3, 0.4) is 0 Å². The van der Waals surface area contributed by atoms with Crippen molar-refractivity contribution in [2.75, 3.05) is 16.0 Å². The second kappa shape index (κ2) is 7.43. The second-order valence-corrected chi connectivity index (χ2v) is 7.59. The number of allylic oxidation sites excluding steroid dienone is 1. The number of aryl methyl sites for hydroxylation is 1. The van der Waals surface area contributed by atoms with Crippen LogP contribution in [-0.4, -0.2) is 15.5 Å². The predicted molar refractivity (Wildman–Crippen MR) is 114 cm³/mol. The molecule has 0 aromatic carbocycles. The molecule has 142 valence electrons. The summed E-state index contributed by atoms with van der Waals surface area (Å²) in [5.41, 5.74) is 9.44. The molecule has 27 heavy (non-hydrogen) atoms. The molecule has 0 radical (unpaired) electrons. The van der Waals surface area contributed by atoms with Crippen molar-refractivity contribution in [2.24, 2.45) is 0 Å². The van der Waals surface area contributed by atoms with E-state index in [0.29, 0.717) is 5.69 Å². The number of nitrogens with zero attached hydrogens (tertiary/aromatic N) is 3. The number of fused-ring (bicyclic) bond motifs is 1. The van der Waals surface area contributed by atoms with E-state index in [2.05, 4.69) is 54.3 Å². The van der Waals surface area contributed by atoms with Crippen molar-refractivity contribution in [1.82, 2.24) is 9.97 Å². The average molecular weight is 364 g/mol. The molecule has 0 saturated heterocycles. The number of rotatable bonds is 6. The molecule has 5 heteroatoms. The zero-order chi connectivity index (χ0) is 19.6. The molecule has 0 aliphatic carbocycles. The fraction of sp³-hybridized carbons (Fsp3) is 0.364. The Morgan fingerprint density at radius 3 is 2.70 bits per heavy atom. The van der Waals surface area contributed by atoms with E-state index in [4.69, 9.17) is 10.7 Å². The van der Waals surface area contributed by atoms with Crippen molar-refractivity contribution in [3.63, 3.8) is 0 Å². The maximum absolute atomic E-state index is 5.75. The molecule has 3 heterocycles. The Morgan fingerprint density at radius 2 is 2.07 bits per heavy atom. The first-order valence-electron chi connectivity index (χ1n) is 9.47. The number of hydrogen-bond acceptors (Lipinski definition) is 5.